The van der Waals surface area contributed by atoms with Crippen molar-refractivity contribution in [1.82, 2.24) is 14.8 Å². The number of thiazole rings is 1. The van der Waals surface area contributed by atoms with E-state index in [9.17, 15) is 14.4 Å². The molecule has 0 radical (unpaired) electrons. The Labute approximate surface area is 206 Å². The zero-order valence-electron chi connectivity index (χ0n) is 19.0. The second-order valence-electron chi connectivity index (χ2n) is 9.03. The molecule has 0 aliphatic carbocycles. The van der Waals surface area contributed by atoms with E-state index in [1.54, 1.807) is 47.7 Å². The van der Waals surface area contributed by atoms with Gasteiger partial charge in [0.05, 0.1) is 32.9 Å². The molecule has 174 valence electrons. The van der Waals surface area contributed by atoms with Crippen LogP contribution in [0, 0.1) is 0 Å². The van der Waals surface area contributed by atoms with Gasteiger partial charge in [-0.15, -0.1) is 11.3 Å². The molecule has 0 N–H and O–H groups in total. The summed E-state index contributed by atoms with van der Waals surface area (Å²) in [6.45, 7) is 1.51. The molecule has 2 aliphatic heterocycles. The number of aromatic nitrogens is 1. The smallest absolute Gasteiger partial charge is 0.261 e. The van der Waals surface area contributed by atoms with Crippen LogP contribution in [0.3, 0.4) is 0 Å². The first-order valence-electron chi connectivity index (χ1n) is 11.8. The Hall–Kier alpha value is -3.84. The van der Waals surface area contributed by atoms with Crippen molar-refractivity contribution in [1.29, 1.82) is 0 Å². The first-order valence-corrected chi connectivity index (χ1v) is 12.6. The molecule has 1 aromatic heterocycles. The van der Waals surface area contributed by atoms with Crippen LogP contribution in [0.15, 0.2) is 72.8 Å². The summed E-state index contributed by atoms with van der Waals surface area (Å²) < 4.78 is 1.20. The molecule has 3 amide bonds. The summed E-state index contributed by atoms with van der Waals surface area (Å²) in [6.07, 6.45) is 1.78. The van der Waals surface area contributed by atoms with Gasteiger partial charge in [0, 0.05) is 24.6 Å². The van der Waals surface area contributed by atoms with Crippen molar-refractivity contribution in [2.75, 3.05) is 13.1 Å². The zero-order chi connectivity index (χ0) is 23.9. The molecular formula is C28H23N3O3S. The lowest BCUT2D eigenvalue weighted by Gasteiger charge is -2.31. The third-order valence-electron chi connectivity index (χ3n) is 6.83. The summed E-state index contributed by atoms with van der Waals surface area (Å²) in [5, 5.41) is 1.15. The molecule has 6 nitrogen and oxygen atoms in total. The van der Waals surface area contributed by atoms with Crippen LogP contribution in [-0.4, -0.2) is 45.6 Å². The summed E-state index contributed by atoms with van der Waals surface area (Å²) in [6, 6.07) is 22.3. The maximum atomic E-state index is 13.2. The minimum atomic E-state index is -0.292. The molecule has 0 saturated carbocycles. The van der Waals surface area contributed by atoms with Gasteiger partial charge in [-0.1, -0.05) is 36.4 Å². The maximum Gasteiger partial charge on any atom is 0.261 e. The Morgan fingerprint density at radius 1 is 0.886 bits per heavy atom. The van der Waals surface area contributed by atoms with Gasteiger partial charge in [0.2, 0.25) is 0 Å². The molecule has 3 aromatic carbocycles. The largest absolute Gasteiger partial charge is 0.339 e. The number of hydrogen-bond donors (Lipinski definition) is 0. The third-order valence-corrected chi connectivity index (χ3v) is 8.03. The molecule has 3 heterocycles. The molecule has 4 aromatic rings. The topological polar surface area (TPSA) is 70.6 Å². The number of benzene rings is 3. The van der Waals surface area contributed by atoms with Gasteiger partial charge in [-0.2, -0.15) is 0 Å². The van der Waals surface area contributed by atoms with E-state index in [2.05, 4.69) is 6.07 Å². The predicted octanol–water partition coefficient (Wildman–Crippen LogP) is 5.11. The Morgan fingerprint density at radius 3 is 2.29 bits per heavy atom. The molecule has 0 atom stereocenters. The lowest BCUT2D eigenvalue weighted by Crippen LogP contribution is -2.38. The van der Waals surface area contributed by atoms with Crippen molar-refractivity contribution in [2.24, 2.45) is 0 Å². The summed E-state index contributed by atoms with van der Waals surface area (Å²) in [5.41, 5.74) is 3.25. The minimum Gasteiger partial charge on any atom is -0.339 e. The van der Waals surface area contributed by atoms with E-state index in [1.807, 2.05) is 35.2 Å². The number of carbonyl (C=O) groups is 3. The molecule has 6 rings (SSSR count). The highest BCUT2D eigenvalue weighted by Crippen LogP contribution is 2.34. The minimum absolute atomic E-state index is 0.0167. The molecule has 7 heteroatoms. The van der Waals surface area contributed by atoms with E-state index in [-0.39, 0.29) is 24.3 Å². The van der Waals surface area contributed by atoms with Crippen LogP contribution in [0.5, 0.6) is 0 Å². The Bertz CT molecular complexity index is 1400. The fraction of sp³-hybridized carbons (Fsp3) is 0.214. The number of para-hydroxylation sites is 1. The monoisotopic (exact) mass is 481 g/mol. The average Bonchev–Trinajstić information content (AvgIpc) is 3.44. The first kappa shape index (κ1) is 21.7. The van der Waals surface area contributed by atoms with Crippen LogP contribution >= 0.6 is 11.3 Å². The van der Waals surface area contributed by atoms with E-state index in [0.717, 1.165) is 28.9 Å². The number of rotatable bonds is 4. The maximum absolute atomic E-state index is 13.2. The van der Waals surface area contributed by atoms with Crippen molar-refractivity contribution in [3.05, 3.63) is 100 Å². The van der Waals surface area contributed by atoms with Crippen molar-refractivity contribution in [2.45, 2.75) is 25.3 Å². The molecule has 1 saturated heterocycles. The lowest BCUT2D eigenvalue weighted by molar-refractivity contribution is 0.0642. The summed E-state index contributed by atoms with van der Waals surface area (Å²) in [4.78, 5) is 46.6. The number of hydrogen-bond acceptors (Lipinski definition) is 5. The number of piperidine rings is 1. The second-order valence-corrected chi connectivity index (χ2v) is 10.1. The van der Waals surface area contributed by atoms with Crippen molar-refractivity contribution < 1.29 is 14.4 Å². The van der Waals surface area contributed by atoms with Crippen molar-refractivity contribution >= 4 is 39.3 Å². The van der Waals surface area contributed by atoms with Crippen LogP contribution in [0.1, 0.15) is 60.4 Å². The van der Waals surface area contributed by atoms with Crippen LogP contribution in [0.25, 0.3) is 10.2 Å². The van der Waals surface area contributed by atoms with Gasteiger partial charge in [-0.05, 0) is 54.8 Å². The molecule has 0 bridgehead atoms. The van der Waals surface area contributed by atoms with Gasteiger partial charge >= 0.3 is 0 Å². The molecule has 0 spiro atoms. The normalized spacial score (nSPS) is 16.2. The van der Waals surface area contributed by atoms with E-state index >= 15 is 0 Å². The number of nitrogens with zero attached hydrogens (tertiary/aromatic N) is 3. The van der Waals surface area contributed by atoms with Crippen LogP contribution in [-0.2, 0) is 6.54 Å². The van der Waals surface area contributed by atoms with E-state index in [0.29, 0.717) is 35.7 Å². The van der Waals surface area contributed by atoms with E-state index in [1.165, 1.54) is 9.60 Å². The molecule has 1 fully saturated rings. The first-order chi connectivity index (χ1) is 17.1. The molecular weight excluding hydrogens is 458 g/mol. The van der Waals surface area contributed by atoms with Crippen LogP contribution < -0.4 is 0 Å². The number of imide groups is 1. The highest BCUT2D eigenvalue weighted by Gasteiger charge is 2.35. The lowest BCUT2D eigenvalue weighted by atomic mass is 9.97. The number of amides is 3. The molecule has 35 heavy (non-hydrogen) atoms. The number of fused-ring (bicyclic) bond motifs is 2. The van der Waals surface area contributed by atoms with Gasteiger partial charge in [-0.25, -0.2) is 4.98 Å². The Kier molecular flexibility index (Phi) is 5.41. The third kappa shape index (κ3) is 3.91. The van der Waals surface area contributed by atoms with Crippen molar-refractivity contribution in [3.8, 4) is 0 Å². The highest BCUT2D eigenvalue weighted by atomic mass is 32.1. The predicted molar refractivity (Wildman–Crippen MR) is 135 cm³/mol. The summed E-state index contributed by atoms with van der Waals surface area (Å²) >= 11 is 1.75. The van der Waals surface area contributed by atoms with E-state index < -0.39 is 0 Å². The summed E-state index contributed by atoms with van der Waals surface area (Å²) in [7, 11) is 0. The van der Waals surface area contributed by atoms with Gasteiger partial charge in [0.15, 0.2) is 0 Å². The summed E-state index contributed by atoms with van der Waals surface area (Å²) in [5.74, 6) is -0.230. The quantitative estimate of drug-likeness (QED) is 0.380. The Morgan fingerprint density at radius 2 is 1.57 bits per heavy atom. The van der Waals surface area contributed by atoms with Gasteiger partial charge in [-0.3, -0.25) is 19.3 Å². The Balaban J connectivity index is 1.13. The standard InChI is InChI=1S/C28H23N3O3S/c32-26(30-14-12-19(13-15-30)25-29-23-10-3-4-11-24(23)35-25)20-7-5-6-18(16-20)17-31-27(33)21-8-1-2-9-22(21)28(31)34/h1-11,16,19H,12-15,17H2. The number of likely N-dealkylation sites (tertiary alicyclic amines) is 1. The fourth-order valence-electron chi connectivity index (χ4n) is 4.94. The average molecular weight is 482 g/mol. The van der Waals surface area contributed by atoms with Gasteiger partial charge < -0.3 is 4.90 Å². The van der Waals surface area contributed by atoms with Gasteiger partial charge in [0.25, 0.3) is 17.7 Å². The van der Waals surface area contributed by atoms with Crippen LogP contribution in [0.2, 0.25) is 0 Å². The highest BCUT2D eigenvalue weighted by molar-refractivity contribution is 7.18. The van der Waals surface area contributed by atoms with E-state index in [4.69, 9.17) is 4.98 Å². The second kappa shape index (κ2) is 8.74. The molecule has 0 unspecified atom stereocenters. The fourth-order valence-corrected chi connectivity index (χ4v) is 6.08. The zero-order valence-corrected chi connectivity index (χ0v) is 19.8. The number of carbonyl (C=O) groups excluding carboxylic acids is 3. The molecule has 2 aliphatic rings. The van der Waals surface area contributed by atoms with Crippen molar-refractivity contribution in [3.63, 3.8) is 0 Å². The van der Waals surface area contributed by atoms with Crippen LogP contribution in [0.4, 0.5) is 0 Å². The SMILES string of the molecule is O=C(c1cccc(CN2C(=O)c3ccccc3C2=O)c1)N1CCC(c2nc3ccccc3s2)CC1. The van der Waals surface area contributed by atoms with Gasteiger partial charge in [0.1, 0.15) is 0 Å².